The minimum absolute atomic E-state index is 0.0283. The van der Waals surface area contributed by atoms with E-state index in [4.69, 9.17) is 0 Å². The molecule has 4 rings (SSSR count). The fraction of sp³-hybridized carbons (Fsp3) is 0.200. The lowest BCUT2D eigenvalue weighted by molar-refractivity contribution is 0.0937. The monoisotopic (exact) mass is 384 g/mol. The number of nitrogens with zero attached hydrogens (tertiary/aromatic N) is 1. The van der Waals surface area contributed by atoms with Gasteiger partial charge in [-0.3, -0.25) is 14.5 Å². The van der Waals surface area contributed by atoms with Crippen LogP contribution in [-0.2, 0) is 6.54 Å². The van der Waals surface area contributed by atoms with Crippen molar-refractivity contribution in [1.29, 1.82) is 0 Å². The van der Waals surface area contributed by atoms with Gasteiger partial charge in [-0.1, -0.05) is 66.7 Å². The van der Waals surface area contributed by atoms with E-state index in [0.29, 0.717) is 11.1 Å². The van der Waals surface area contributed by atoms with Crippen molar-refractivity contribution in [2.24, 2.45) is 0 Å². The van der Waals surface area contributed by atoms with Gasteiger partial charge >= 0.3 is 0 Å². The van der Waals surface area contributed by atoms with Crippen molar-refractivity contribution >= 4 is 12.2 Å². The number of carbonyl (C=O) groups is 2. The first kappa shape index (κ1) is 19.1. The summed E-state index contributed by atoms with van der Waals surface area (Å²) in [4.78, 5) is 25.8. The van der Waals surface area contributed by atoms with Gasteiger partial charge < -0.3 is 5.32 Å². The summed E-state index contributed by atoms with van der Waals surface area (Å²) in [6.07, 6.45) is 1.81. The third-order valence-electron chi connectivity index (χ3n) is 5.38. The molecule has 0 saturated carbocycles. The number of carbonyl (C=O) groups excluding carboxylic acids is 2. The third kappa shape index (κ3) is 4.79. The van der Waals surface area contributed by atoms with Gasteiger partial charge in [0.25, 0.3) is 5.91 Å². The summed E-state index contributed by atoms with van der Waals surface area (Å²) >= 11 is 0. The summed E-state index contributed by atoms with van der Waals surface area (Å²) in [5.41, 5.74) is 4.67. The van der Waals surface area contributed by atoms with Gasteiger partial charge in [0.05, 0.1) is 0 Å². The van der Waals surface area contributed by atoms with Gasteiger partial charge in [-0.05, 0) is 35.2 Å². The summed E-state index contributed by atoms with van der Waals surface area (Å²) in [5, 5.41) is 3.17. The summed E-state index contributed by atoms with van der Waals surface area (Å²) in [6.45, 7) is 2.79. The van der Waals surface area contributed by atoms with Crippen LogP contribution in [0.25, 0.3) is 11.1 Å². The lowest BCUT2D eigenvalue weighted by Crippen LogP contribution is -2.36. The lowest BCUT2D eigenvalue weighted by Gasteiger charge is -2.17. The Kier molecular flexibility index (Phi) is 5.82. The molecule has 0 aliphatic carbocycles. The molecule has 0 spiro atoms. The maximum absolute atomic E-state index is 12.6. The molecule has 1 fully saturated rings. The molecule has 1 amide bonds. The summed E-state index contributed by atoms with van der Waals surface area (Å²) < 4.78 is 0. The zero-order valence-electron chi connectivity index (χ0n) is 16.3. The summed E-state index contributed by atoms with van der Waals surface area (Å²) in [6, 6.07) is 25.6. The second kappa shape index (κ2) is 8.84. The maximum Gasteiger partial charge on any atom is 0.251 e. The number of benzene rings is 3. The normalized spacial score (nSPS) is 16.5. The number of rotatable bonds is 6. The molecular formula is C25H24N2O2. The minimum atomic E-state index is -0.0283. The van der Waals surface area contributed by atoms with Gasteiger partial charge in [0.2, 0.25) is 0 Å². The number of amides is 1. The van der Waals surface area contributed by atoms with Gasteiger partial charge in [0, 0.05) is 36.8 Å². The second-order valence-corrected chi connectivity index (χ2v) is 7.50. The Morgan fingerprint density at radius 2 is 1.59 bits per heavy atom. The second-order valence-electron chi connectivity index (χ2n) is 7.50. The maximum atomic E-state index is 12.6. The number of aldehydes is 1. The van der Waals surface area contributed by atoms with E-state index in [9.17, 15) is 9.59 Å². The highest BCUT2D eigenvalue weighted by Crippen LogP contribution is 2.20. The Bertz CT molecular complexity index is 966. The molecule has 1 aliphatic heterocycles. The SMILES string of the molecule is O=Cc1ccc(-c2ccc(C(=O)NC3CCN(Cc4ccccc4)C3)cc2)cc1. The van der Waals surface area contributed by atoms with Gasteiger partial charge in [-0.15, -0.1) is 0 Å². The Labute approximate surface area is 171 Å². The molecule has 4 heteroatoms. The Balaban J connectivity index is 1.33. The quantitative estimate of drug-likeness (QED) is 0.649. The molecule has 3 aromatic carbocycles. The number of likely N-dealkylation sites (tertiary alicyclic amines) is 1. The fourth-order valence-corrected chi connectivity index (χ4v) is 3.77. The van der Waals surface area contributed by atoms with E-state index in [-0.39, 0.29) is 11.9 Å². The average molecular weight is 384 g/mol. The van der Waals surface area contributed by atoms with Gasteiger partial charge in [0.1, 0.15) is 6.29 Å². The van der Waals surface area contributed by atoms with E-state index in [1.165, 1.54) is 5.56 Å². The van der Waals surface area contributed by atoms with Crippen molar-refractivity contribution in [3.63, 3.8) is 0 Å². The van der Waals surface area contributed by atoms with Crippen LogP contribution < -0.4 is 5.32 Å². The molecule has 1 aliphatic rings. The molecule has 0 radical (unpaired) electrons. The number of hydrogen-bond donors (Lipinski definition) is 1. The van der Waals surface area contributed by atoms with Crippen molar-refractivity contribution in [1.82, 2.24) is 10.2 Å². The Hall–Kier alpha value is -3.24. The molecule has 4 nitrogen and oxygen atoms in total. The predicted octanol–water partition coefficient (Wildman–Crippen LogP) is 4.17. The fourth-order valence-electron chi connectivity index (χ4n) is 3.77. The first-order valence-corrected chi connectivity index (χ1v) is 9.94. The number of nitrogens with one attached hydrogen (secondary N) is 1. The average Bonchev–Trinajstić information content (AvgIpc) is 3.21. The molecule has 146 valence electrons. The van der Waals surface area contributed by atoms with Gasteiger partial charge in [0.15, 0.2) is 0 Å². The van der Waals surface area contributed by atoms with Crippen LogP contribution in [0.5, 0.6) is 0 Å². The van der Waals surface area contributed by atoms with Gasteiger partial charge in [-0.2, -0.15) is 0 Å². The van der Waals surface area contributed by atoms with Crippen LogP contribution in [0.3, 0.4) is 0 Å². The first-order chi connectivity index (χ1) is 14.2. The predicted molar refractivity (Wildman–Crippen MR) is 115 cm³/mol. The molecule has 1 atom stereocenters. The Morgan fingerprint density at radius 1 is 0.931 bits per heavy atom. The molecule has 3 aromatic rings. The van der Waals surface area contributed by atoms with E-state index >= 15 is 0 Å². The largest absolute Gasteiger partial charge is 0.348 e. The van der Waals surface area contributed by atoms with E-state index in [2.05, 4.69) is 34.5 Å². The third-order valence-corrected chi connectivity index (χ3v) is 5.38. The van der Waals surface area contributed by atoms with E-state index < -0.39 is 0 Å². The standard InChI is InChI=1S/C25H24N2O2/c28-18-20-6-8-21(9-7-20)22-10-12-23(13-11-22)25(29)26-24-14-15-27(17-24)16-19-4-2-1-3-5-19/h1-13,18,24H,14-17H2,(H,26,29). The lowest BCUT2D eigenvalue weighted by atomic mass is 10.0. The number of hydrogen-bond acceptors (Lipinski definition) is 3. The van der Waals surface area contributed by atoms with E-state index in [1.54, 1.807) is 12.1 Å². The summed E-state index contributed by atoms with van der Waals surface area (Å²) in [7, 11) is 0. The smallest absolute Gasteiger partial charge is 0.251 e. The highest BCUT2D eigenvalue weighted by Gasteiger charge is 2.24. The molecule has 1 unspecified atom stereocenters. The van der Waals surface area contributed by atoms with Crippen molar-refractivity contribution < 1.29 is 9.59 Å². The van der Waals surface area contributed by atoms with Crippen molar-refractivity contribution in [2.45, 2.75) is 19.0 Å². The molecular weight excluding hydrogens is 360 g/mol. The van der Waals surface area contributed by atoms with Crippen molar-refractivity contribution in [3.05, 3.63) is 95.6 Å². The van der Waals surface area contributed by atoms with Crippen LogP contribution in [0.2, 0.25) is 0 Å². The molecule has 0 aromatic heterocycles. The van der Waals surface area contributed by atoms with Crippen LogP contribution in [-0.4, -0.2) is 36.2 Å². The minimum Gasteiger partial charge on any atom is -0.348 e. The highest BCUT2D eigenvalue weighted by atomic mass is 16.1. The first-order valence-electron chi connectivity index (χ1n) is 9.94. The molecule has 1 heterocycles. The molecule has 0 bridgehead atoms. The zero-order chi connectivity index (χ0) is 20.1. The summed E-state index contributed by atoms with van der Waals surface area (Å²) in [5.74, 6) is -0.0283. The van der Waals surface area contributed by atoms with E-state index in [1.807, 2.05) is 42.5 Å². The Morgan fingerprint density at radius 3 is 2.24 bits per heavy atom. The van der Waals surface area contributed by atoms with Crippen molar-refractivity contribution in [2.75, 3.05) is 13.1 Å². The van der Waals surface area contributed by atoms with Crippen LogP contribution in [0, 0.1) is 0 Å². The van der Waals surface area contributed by atoms with Crippen LogP contribution in [0.4, 0.5) is 0 Å². The zero-order valence-corrected chi connectivity index (χ0v) is 16.3. The van der Waals surface area contributed by atoms with E-state index in [0.717, 1.165) is 43.5 Å². The van der Waals surface area contributed by atoms with Crippen LogP contribution in [0.15, 0.2) is 78.9 Å². The molecule has 1 saturated heterocycles. The molecule has 29 heavy (non-hydrogen) atoms. The van der Waals surface area contributed by atoms with Crippen LogP contribution >= 0.6 is 0 Å². The molecule has 1 N–H and O–H groups in total. The topological polar surface area (TPSA) is 49.4 Å². The van der Waals surface area contributed by atoms with Crippen molar-refractivity contribution in [3.8, 4) is 11.1 Å². The highest BCUT2D eigenvalue weighted by molar-refractivity contribution is 5.95. The van der Waals surface area contributed by atoms with Crippen LogP contribution in [0.1, 0.15) is 32.7 Å². The van der Waals surface area contributed by atoms with Gasteiger partial charge in [-0.25, -0.2) is 0 Å².